The fraction of sp³-hybridized carbons (Fsp3) is 0.923. The van der Waals surface area contributed by atoms with E-state index in [-0.39, 0.29) is 11.3 Å². The molecule has 0 radical (unpaired) electrons. The third kappa shape index (κ3) is 3.87. The molecule has 2 heterocycles. The molecule has 0 aromatic heterocycles. The summed E-state index contributed by atoms with van der Waals surface area (Å²) in [4.78, 5) is 14.6. The van der Waals surface area contributed by atoms with Crippen LogP contribution in [0.5, 0.6) is 0 Å². The lowest BCUT2D eigenvalue weighted by molar-refractivity contribution is -0.131. The van der Waals surface area contributed by atoms with Gasteiger partial charge in [0.15, 0.2) is 0 Å². The molecule has 104 valence electrons. The summed E-state index contributed by atoms with van der Waals surface area (Å²) in [6.45, 7) is 8.16. The van der Waals surface area contributed by atoms with Gasteiger partial charge in [0.2, 0.25) is 5.91 Å². The van der Waals surface area contributed by atoms with E-state index in [2.05, 4.69) is 22.5 Å². The molecule has 0 atom stereocenters. The quantitative estimate of drug-likeness (QED) is 0.783. The van der Waals surface area contributed by atoms with Crippen LogP contribution in [-0.4, -0.2) is 61.6 Å². The number of hydrogen-bond acceptors (Lipinski definition) is 4. The van der Waals surface area contributed by atoms with E-state index in [0.717, 1.165) is 39.0 Å². The van der Waals surface area contributed by atoms with Crippen LogP contribution in [0.3, 0.4) is 0 Å². The van der Waals surface area contributed by atoms with E-state index in [1.807, 2.05) is 11.8 Å². The summed E-state index contributed by atoms with van der Waals surface area (Å²) in [6, 6.07) is 0. The van der Waals surface area contributed by atoms with Crippen LogP contribution in [0.1, 0.15) is 19.8 Å². The van der Waals surface area contributed by atoms with Crippen molar-refractivity contribution in [2.24, 2.45) is 5.41 Å². The van der Waals surface area contributed by atoms with Gasteiger partial charge in [-0.3, -0.25) is 9.69 Å². The monoisotopic (exact) mass is 271 g/mol. The first kappa shape index (κ1) is 14.2. The predicted octanol–water partition coefficient (Wildman–Crippen LogP) is 0.541. The highest BCUT2D eigenvalue weighted by molar-refractivity contribution is 7.99. The summed E-state index contributed by atoms with van der Waals surface area (Å²) in [6.07, 6.45) is 1.92. The van der Waals surface area contributed by atoms with E-state index in [1.54, 1.807) is 0 Å². The molecule has 2 aliphatic rings. The van der Waals surface area contributed by atoms with Gasteiger partial charge in [0, 0.05) is 43.1 Å². The van der Waals surface area contributed by atoms with Gasteiger partial charge in [0.1, 0.15) is 0 Å². The van der Waals surface area contributed by atoms with Gasteiger partial charge in [0.05, 0.1) is 0 Å². The van der Waals surface area contributed by atoms with Crippen LogP contribution in [0.4, 0.5) is 0 Å². The highest BCUT2D eigenvalue weighted by atomic mass is 32.2. The SMILES string of the molecule is CC1(C(=O)NCCN2CCSCC2)CCNCC1. The molecule has 0 spiro atoms. The molecule has 4 nitrogen and oxygen atoms in total. The first-order valence-electron chi connectivity index (χ1n) is 7.00. The standard InChI is InChI=1S/C13H25N3OS/c1-13(2-4-14-5-3-13)12(17)15-6-7-16-8-10-18-11-9-16/h14H,2-11H2,1H3,(H,15,17). The third-order valence-electron chi connectivity index (χ3n) is 4.07. The molecule has 2 fully saturated rings. The van der Waals surface area contributed by atoms with Crippen molar-refractivity contribution in [1.29, 1.82) is 0 Å². The molecule has 2 aliphatic heterocycles. The van der Waals surface area contributed by atoms with Crippen molar-refractivity contribution < 1.29 is 4.79 Å². The Hall–Kier alpha value is -0.260. The zero-order valence-corrected chi connectivity index (χ0v) is 12.2. The van der Waals surface area contributed by atoms with E-state index in [1.165, 1.54) is 24.6 Å². The zero-order chi connectivity index (χ0) is 12.8. The molecule has 0 aromatic carbocycles. The van der Waals surface area contributed by atoms with E-state index in [4.69, 9.17) is 0 Å². The first-order valence-corrected chi connectivity index (χ1v) is 8.15. The van der Waals surface area contributed by atoms with Gasteiger partial charge in [-0.25, -0.2) is 0 Å². The Kier molecular flexibility index (Phi) is 5.33. The number of nitrogens with zero attached hydrogens (tertiary/aromatic N) is 1. The summed E-state index contributed by atoms with van der Waals surface area (Å²) in [5.74, 6) is 2.71. The van der Waals surface area contributed by atoms with Gasteiger partial charge in [-0.05, 0) is 25.9 Å². The molecule has 2 N–H and O–H groups in total. The fourth-order valence-electron chi connectivity index (χ4n) is 2.57. The largest absolute Gasteiger partial charge is 0.354 e. The van der Waals surface area contributed by atoms with Crippen LogP contribution in [0.2, 0.25) is 0 Å². The van der Waals surface area contributed by atoms with Gasteiger partial charge in [-0.1, -0.05) is 6.92 Å². The Morgan fingerprint density at radius 3 is 2.67 bits per heavy atom. The molecule has 2 saturated heterocycles. The number of amides is 1. The third-order valence-corrected chi connectivity index (χ3v) is 5.02. The Morgan fingerprint density at radius 2 is 2.00 bits per heavy atom. The summed E-state index contributed by atoms with van der Waals surface area (Å²) < 4.78 is 0. The molecule has 0 saturated carbocycles. The fourth-order valence-corrected chi connectivity index (χ4v) is 3.55. The topological polar surface area (TPSA) is 44.4 Å². The summed E-state index contributed by atoms with van der Waals surface area (Å²) in [5.41, 5.74) is -0.150. The smallest absolute Gasteiger partial charge is 0.226 e. The van der Waals surface area contributed by atoms with E-state index in [0.29, 0.717) is 0 Å². The van der Waals surface area contributed by atoms with Crippen LogP contribution in [0, 0.1) is 5.41 Å². The van der Waals surface area contributed by atoms with Gasteiger partial charge in [0.25, 0.3) is 0 Å². The molecule has 0 aromatic rings. The second-order valence-corrected chi connectivity index (χ2v) is 6.75. The van der Waals surface area contributed by atoms with Crippen molar-refractivity contribution in [3.8, 4) is 0 Å². The van der Waals surface area contributed by atoms with Crippen molar-refractivity contribution >= 4 is 17.7 Å². The van der Waals surface area contributed by atoms with Crippen molar-refractivity contribution in [3.05, 3.63) is 0 Å². The highest BCUT2D eigenvalue weighted by Gasteiger charge is 2.34. The number of nitrogens with one attached hydrogen (secondary N) is 2. The Morgan fingerprint density at radius 1 is 1.33 bits per heavy atom. The molecule has 5 heteroatoms. The van der Waals surface area contributed by atoms with Crippen LogP contribution < -0.4 is 10.6 Å². The minimum atomic E-state index is -0.150. The van der Waals surface area contributed by atoms with E-state index in [9.17, 15) is 4.79 Å². The average Bonchev–Trinajstić information content (AvgIpc) is 2.41. The van der Waals surface area contributed by atoms with Gasteiger partial charge in [-0.15, -0.1) is 0 Å². The van der Waals surface area contributed by atoms with Crippen molar-refractivity contribution in [2.75, 3.05) is 50.8 Å². The summed E-state index contributed by atoms with van der Waals surface area (Å²) >= 11 is 2.02. The van der Waals surface area contributed by atoms with E-state index < -0.39 is 0 Å². The minimum absolute atomic E-state index is 0.150. The second-order valence-electron chi connectivity index (χ2n) is 5.52. The van der Waals surface area contributed by atoms with Crippen LogP contribution in [-0.2, 0) is 4.79 Å². The lowest BCUT2D eigenvalue weighted by Gasteiger charge is -2.33. The zero-order valence-electron chi connectivity index (χ0n) is 11.3. The first-order chi connectivity index (χ1) is 8.71. The van der Waals surface area contributed by atoms with Crippen molar-refractivity contribution in [1.82, 2.24) is 15.5 Å². The molecular weight excluding hydrogens is 246 g/mol. The van der Waals surface area contributed by atoms with Crippen LogP contribution in [0.25, 0.3) is 0 Å². The van der Waals surface area contributed by atoms with Crippen LogP contribution >= 0.6 is 11.8 Å². The maximum absolute atomic E-state index is 12.2. The molecule has 18 heavy (non-hydrogen) atoms. The Bertz CT molecular complexity index is 273. The number of rotatable bonds is 4. The number of carbonyl (C=O) groups is 1. The lowest BCUT2D eigenvalue weighted by atomic mass is 9.80. The van der Waals surface area contributed by atoms with Gasteiger partial charge < -0.3 is 10.6 Å². The molecule has 0 unspecified atom stereocenters. The molecule has 1 amide bonds. The van der Waals surface area contributed by atoms with Crippen molar-refractivity contribution in [3.63, 3.8) is 0 Å². The highest BCUT2D eigenvalue weighted by Crippen LogP contribution is 2.27. The normalized spacial score (nSPS) is 24.7. The number of carbonyl (C=O) groups excluding carboxylic acids is 1. The molecular formula is C13H25N3OS. The van der Waals surface area contributed by atoms with E-state index >= 15 is 0 Å². The maximum Gasteiger partial charge on any atom is 0.226 e. The van der Waals surface area contributed by atoms with Crippen LogP contribution in [0.15, 0.2) is 0 Å². The predicted molar refractivity (Wildman–Crippen MR) is 77.0 cm³/mol. The van der Waals surface area contributed by atoms with Gasteiger partial charge >= 0.3 is 0 Å². The lowest BCUT2D eigenvalue weighted by Crippen LogP contribution is -2.47. The average molecular weight is 271 g/mol. The summed E-state index contributed by atoms with van der Waals surface area (Å²) in [5, 5.41) is 6.44. The molecule has 0 aliphatic carbocycles. The molecule has 0 bridgehead atoms. The van der Waals surface area contributed by atoms with Crippen molar-refractivity contribution in [2.45, 2.75) is 19.8 Å². The number of piperidine rings is 1. The van der Waals surface area contributed by atoms with Gasteiger partial charge in [-0.2, -0.15) is 11.8 Å². The number of thioether (sulfide) groups is 1. The second kappa shape index (κ2) is 6.78. The summed E-state index contributed by atoms with van der Waals surface area (Å²) in [7, 11) is 0. The number of hydrogen-bond donors (Lipinski definition) is 2. The maximum atomic E-state index is 12.2. The Balaban J connectivity index is 1.67. The molecule has 2 rings (SSSR count). The Labute approximate surface area is 114 Å². The minimum Gasteiger partial charge on any atom is -0.354 e.